The minimum Gasteiger partial charge on any atom is -0.310 e. The first-order chi connectivity index (χ1) is 26.5. The third kappa shape index (κ3) is 6.35. The molecule has 1 aliphatic rings. The number of nitrogens with zero attached hydrogens (tertiary/aromatic N) is 1. The number of hydrogen-bond donors (Lipinski definition) is 0. The van der Waals surface area contributed by atoms with Gasteiger partial charge < -0.3 is 4.90 Å². The molecular weight excluding hydrogens is 651 g/mol. The first-order valence-corrected chi connectivity index (χ1v) is 18.8. The molecule has 0 heterocycles. The average molecular weight is 692 g/mol. The van der Waals surface area contributed by atoms with Crippen molar-refractivity contribution in [3.8, 4) is 22.3 Å². The van der Waals surface area contributed by atoms with Crippen LogP contribution in [0.25, 0.3) is 57.3 Å². The molecule has 0 spiro atoms. The Bertz CT molecular complexity index is 2640. The van der Waals surface area contributed by atoms with Crippen molar-refractivity contribution in [2.75, 3.05) is 4.90 Å². The van der Waals surface area contributed by atoms with E-state index < -0.39 is 0 Å². The van der Waals surface area contributed by atoms with Gasteiger partial charge in [-0.25, -0.2) is 0 Å². The van der Waals surface area contributed by atoms with Gasteiger partial charge in [0.2, 0.25) is 0 Å². The lowest BCUT2D eigenvalue weighted by Gasteiger charge is -2.28. The second-order valence-electron chi connectivity index (χ2n) is 14.6. The van der Waals surface area contributed by atoms with E-state index in [0.717, 1.165) is 22.6 Å². The molecule has 9 rings (SSSR count). The van der Waals surface area contributed by atoms with Gasteiger partial charge in [0, 0.05) is 22.5 Å². The number of benzene rings is 8. The molecule has 0 amide bonds. The number of hydrogen-bond acceptors (Lipinski definition) is 1. The second-order valence-corrected chi connectivity index (χ2v) is 14.6. The molecule has 8 aromatic rings. The predicted molar refractivity (Wildman–Crippen MR) is 232 cm³/mol. The van der Waals surface area contributed by atoms with E-state index in [1.807, 2.05) is 0 Å². The molecule has 0 N–H and O–H groups in total. The van der Waals surface area contributed by atoms with E-state index >= 15 is 0 Å². The topological polar surface area (TPSA) is 3.24 Å². The smallest absolute Gasteiger partial charge is 0.0465 e. The van der Waals surface area contributed by atoms with Crippen LogP contribution < -0.4 is 4.90 Å². The molecule has 0 atom stereocenters. The van der Waals surface area contributed by atoms with E-state index in [2.05, 4.69) is 231 Å². The summed E-state index contributed by atoms with van der Waals surface area (Å²) in [6.07, 6.45) is 8.77. The third-order valence-electron chi connectivity index (χ3n) is 10.9. The van der Waals surface area contributed by atoms with E-state index in [0.29, 0.717) is 0 Å². The van der Waals surface area contributed by atoms with Crippen molar-refractivity contribution < 1.29 is 0 Å². The predicted octanol–water partition coefficient (Wildman–Crippen LogP) is 14.6. The second kappa shape index (κ2) is 14.0. The molecule has 1 nitrogen and oxygen atoms in total. The zero-order valence-corrected chi connectivity index (χ0v) is 30.7. The summed E-state index contributed by atoms with van der Waals surface area (Å²) in [4.78, 5) is 2.39. The van der Waals surface area contributed by atoms with Crippen LogP contribution in [0.2, 0.25) is 0 Å². The van der Waals surface area contributed by atoms with Crippen LogP contribution in [0.3, 0.4) is 0 Å². The monoisotopic (exact) mass is 691 g/mol. The molecule has 1 aliphatic carbocycles. The zero-order valence-electron chi connectivity index (χ0n) is 30.7. The lowest BCUT2D eigenvalue weighted by Crippen LogP contribution is -2.16. The maximum atomic E-state index is 2.41. The van der Waals surface area contributed by atoms with E-state index in [1.54, 1.807) is 0 Å². The van der Waals surface area contributed by atoms with Crippen molar-refractivity contribution in [1.82, 2.24) is 0 Å². The zero-order chi connectivity index (χ0) is 36.5. The van der Waals surface area contributed by atoms with Gasteiger partial charge in [-0.1, -0.05) is 190 Å². The van der Waals surface area contributed by atoms with Crippen LogP contribution in [0.5, 0.6) is 0 Å². The molecule has 0 fully saturated rings. The largest absolute Gasteiger partial charge is 0.310 e. The van der Waals surface area contributed by atoms with E-state index in [-0.39, 0.29) is 5.41 Å². The maximum absolute atomic E-state index is 2.41. The summed E-state index contributed by atoms with van der Waals surface area (Å²) in [6, 6.07) is 68.0. The summed E-state index contributed by atoms with van der Waals surface area (Å²) in [5.41, 5.74) is 15.8. The number of fused-ring (bicyclic) bond motifs is 4. The Labute approximate surface area is 318 Å². The summed E-state index contributed by atoms with van der Waals surface area (Å²) in [7, 11) is 0. The lowest BCUT2D eigenvalue weighted by atomic mass is 9.81. The normalized spacial score (nSPS) is 13.0. The maximum Gasteiger partial charge on any atom is 0.0465 e. The van der Waals surface area contributed by atoms with Crippen LogP contribution in [-0.4, -0.2) is 0 Å². The van der Waals surface area contributed by atoms with Crippen LogP contribution in [0.15, 0.2) is 188 Å². The van der Waals surface area contributed by atoms with E-state index in [1.165, 1.54) is 60.8 Å². The fourth-order valence-corrected chi connectivity index (χ4v) is 7.95. The first kappa shape index (κ1) is 33.2. The van der Waals surface area contributed by atoms with Crippen molar-refractivity contribution in [2.24, 2.45) is 0 Å². The molecule has 258 valence electrons. The lowest BCUT2D eigenvalue weighted by molar-refractivity contribution is 0.660. The summed E-state index contributed by atoms with van der Waals surface area (Å²) < 4.78 is 0. The van der Waals surface area contributed by atoms with Gasteiger partial charge in [0.05, 0.1) is 0 Å². The van der Waals surface area contributed by atoms with Crippen LogP contribution in [0.4, 0.5) is 17.1 Å². The van der Waals surface area contributed by atoms with Gasteiger partial charge in [-0.2, -0.15) is 0 Å². The Balaban J connectivity index is 1.09. The quantitative estimate of drug-likeness (QED) is 0.143. The molecule has 8 aromatic carbocycles. The van der Waals surface area contributed by atoms with Gasteiger partial charge in [0.15, 0.2) is 0 Å². The molecule has 54 heavy (non-hydrogen) atoms. The van der Waals surface area contributed by atoms with Crippen LogP contribution >= 0.6 is 0 Å². The highest BCUT2D eigenvalue weighted by Crippen LogP contribution is 2.51. The summed E-state index contributed by atoms with van der Waals surface area (Å²) in [6.45, 7) is 4.73. The average Bonchev–Trinajstić information content (AvgIpc) is 3.45. The summed E-state index contributed by atoms with van der Waals surface area (Å²) in [5.74, 6) is 0. The van der Waals surface area contributed by atoms with E-state index in [9.17, 15) is 0 Å². The Kier molecular flexibility index (Phi) is 8.61. The summed E-state index contributed by atoms with van der Waals surface area (Å²) >= 11 is 0. The van der Waals surface area contributed by atoms with Gasteiger partial charge in [0.1, 0.15) is 0 Å². The van der Waals surface area contributed by atoms with E-state index in [4.69, 9.17) is 0 Å². The van der Waals surface area contributed by atoms with Gasteiger partial charge >= 0.3 is 0 Å². The highest BCUT2D eigenvalue weighted by Gasteiger charge is 2.36. The summed E-state index contributed by atoms with van der Waals surface area (Å²) in [5, 5.41) is 2.52. The minimum absolute atomic E-state index is 0.159. The molecule has 0 radical (unpaired) electrons. The Morgan fingerprint density at radius 3 is 1.52 bits per heavy atom. The van der Waals surface area contributed by atoms with Crippen molar-refractivity contribution in [3.63, 3.8) is 0 Å². The molecule has 0 aliphatic heterocycles. The minimum atomic E-state index is -0.159. The Hall–Kier alpha value is -6.70. The highest BCUT2D eigenvalue weighted by molar-refractivity contribution is 5.97. The van der Waals surface area contributed by atoms with Crippen molar-refractivity contribution in [3.05, 3.63) is 221 Å². The van der Waals surface area contributed by atoms with Gasteiger partial charge in [-0.15, -0.1) is 0 Å². The van der Waals surface area contributed by atoms with Gasteiger partial charge in [0.25, 0.3) is 0 Å². The molecule has 1 heteroatoms. The van der Waals surface area contributed by atoms with Crippen LogP contribution in [-0.2, 0) is 5.41 Å². The molecule has 0 bridgehead atoms. The van der Waals surface area contributed by atoms with Crippen LogP contribution in [0, 0.1) is 0 Å². The third-order valence-corrected chi connectivity index (χ3v) is 10.9. The van der Waals surface area contributed by atoms with Crippen molar-refractivity contribution in [2.45, 2.75) is 19.3 Å². The Morgan fingerprint density at radius 2 is 0.852 bits per heavy atom. The molecular formula is C53H41N. The van der Waals surface area contributed by atoms with Gasteiger partial charge in [-0.05, 0) is 103 Å². The van der Waals surface area contributed by atoms with Gasteiger partial charge in [-0.3, -0.25) is 0 Å². The molecule has 0 saturated heterocycles. The Morgan fingerprint density at radius 1 is 0.370 bits per heavy atom. The molecule has 0 aromatic heterocycles. The standard InChI is InChI=1S/C53H41N/c1-53(2)51-36-41(23-22-39-14-7-4-8-15-39)26-34-49(51)50-35-33-46(37-52(50)53)54(44-29-24-40(25-30-44)21-20-38-12-5-3-6-13-38)45-31-27-43(28-32-45)48-19-11-17-42-16-9-10-18-47(42)48/h3-37H,1-2H3/b21-20+,23-22+. The van der Waals surface area contributed by atoms with Crippen molar-refractivity contribution >= 4 is 52.1 Å². The first-order valence-electron chi connectivity index (χ1n) is 18.8. The molecule has 0 unspecified atom stereocenters. The fraction of sp³-hybridized carbons (Fsp3) is 0.0566. The highest BCUT2D eigenvalue weighted by atomic mass is 15.1. The SMILES string of the molecule is CC1(C)c2cc(/C=C/c3ccccc3)ccc2-c2ccc(N(c3ccc(/C=C/c4ccccc4)cc3)c3ccc(-c4cccc5ccccc45)cc3)cc21. The van der Waals surface area contributed by atoms with Crippen LogP contribution in [0.1, 0.15) is 47.2 Å². The fourth-order valence-electron chi connectivity index (χ4n) is 7.95. The number of anilines is 3. The molecule has 0 saturated carbocycles. The van der Waals surface area contributed by atoms with Crippen molar-refractivity contribution in [1.29, 1.82) is 0 Å². The number of rotatable bonds is 8.